The Morgan fingerprint density at radius 2 is 2.11 bits per heavy atom. The summed E-state index contributed by atoms with van der Waals surface area (Å²) in [5.41, 5.74) is 7.09. The van der Waals surface area contributed by atoms with Gasteiger partial charge in [-0.25, -0.2) is 4.98 Å². The van der Waals surface area contributed by atoms with E-state index in [1.807, 2.05) is 36.6 Å². The second-order valence-corrected chi connectivity index (χ2v) is 4.93. The number of aryl methyl sites for hydroxylation is 1. The highest BCUT2D eigenvalue weighted by Crippen LogP contribution is 2.24. The summed E-state index contributed by atoms with van der Waals surface area (Å²) in [4.78, 5) is 15.8. The quantitative estimate of drug-likeness (QED) is 0.877. The number of hydrogen-bond donors (Lipinski definition) is 2. The molecule has 0 saturated carbocycles. The number of ether oxygens (including phenoxy) is 1. The normalized spacial score (nSPS) is 11.9. The van der Waals surface area contributed by atoms with E-state index in [0.717, 1.165) is 17.1 Å². The van der Waals surface area contributed by atoms with E-state index in [1.54, 1.807) is 7.11 Å². The van der Waals surface area contributed by atoms with Gasteiger partial charge >= 0.3 is 0 Å². The maximum atomic E-state index is 11.5. The fourth-order valence-electron chi connectivity index (χ4n) is 1.61. The number of carbonyl (C=O) groups excluding carboxylic acids is 1. The molecule has 1 amide bonds. The van der Waals surface area contributed by atoms with E-state index < -0.39 is 11.9 Å². The summed E-state index contributed by atoms with van der Waals surface area (Å²) >= 11 is 1.41. The SMILES string of the molecule is COc1ccc(NC(C(N)=O)c2nc(C)cs2)cc1. The first-order valence-corrected chi connectivity index (χ1v) is 6.60. The lowest BCUT2D eigenvalue weighted by atomic mass is 10.2. The van der Waals surface area contributed by atoms with Gasteiger partial charge in [0.2, 0.25) is 5.91 Å². The minimum absolute atomic E-state index is 0.454. The van der Waals surface area contributed by atoms with Crippen molar-refractivity contribution in [3.05, 3.63) is 40.3 Å². The number of rotatable bonds is 5. The number of methoxy groups -OCH3 is 1. The van der Waals surface area contributed by atoms with Crippen LogP contribution in [0.25, 0.3) is 0 Å². The minimum atomic E-state index is -0.618. The number of primary amides is 1. The summed E-state index contributed by atoms with van der Waals surface area (Å²) in [6.45, 7) is 1.88. The van der Waals surface area contributed by atoms with Crippen molar-refractivity contribution in [2.45, 2.75) is 13.0 Å². The molecule has 0 radical (unpaired) electrons. The number of nitrogens with one attached hydrogen (secondary N) is 1. The number of carbonyl (C=O) groups is 1. The minimum Gasteiger partial charge on any atom is -0.497 e. The molecular formula is C13H15N3O2S. The average molecular weight is 277 g/mol. The van der Waals surface area contributed by atoms with Crippen LogP contribution in [0.1, 0.15) is 16.7 Å². The topological polar surface area (TPSA) is 77.2 Å². The summed E-state index contributed by atoms with van der Waals surface area (Å²) in [6, 6.07) is 6.66. The fourth-order valence-corrected chi connectivity index (χ4v) is 2.47. The van der Waals surface area contributed by atoms with E-state index in [0.29, 0.717) is 5.01 Å². The Kier molecular flexibility index (Phi) is 4.01. The van der Waals surface area contributed by atoms with Gasteiger partial charge in [-0.15, -0.1) is 11.3 Å². The average Bonchev–Trinajstić information content (AvgIpc) is 2.82. The Morgan fingerprint density at radius 1 is 1.42 bits per heavy atom. The molecule has 0 aliphatic carbocycles. The largest absolute Gasteiger partial charge is 0.497 e. The van der Waals surface area contributed by atoms with E-state index in [-0.39, 0.29) is 0 Å². The standard InChI is InChI=1S/C13H15N3O2S/c1-8-7-19-13(15-8)11(12(14)17)16-9-3-5-10(18-2)6-4-9/h3-7,11,16H,1-2H3,(H2,14,17). The van der Waals surface area contributed by atoms with Crippen molar-refractivity contribution in [3.8, 4) is 5.75 Å². The molecule has 0 aliphatic heterocycles. The number of amides is 1. The van der Waals surface area contributed by atoms with Crippen LogP contribution in [0.5, 0.6) is 5.75 Å². The summed E-state index contributed by atoms with van der Waals surface area (Å²) in [5, 5.41) is 5.63. The molecular weight excluding hydrogens is 262 g/mol. The first kappa shape index (κ1) is 13.4. The lowest BCUT2D eigenvalue weighted by molar-refractivity contribution is -0.118. The van der Waals surface area contributed by atoms with Crippen molar-refractivity contribution < 1.29 is 9.53 Å². The van der Waals surface area contributed by atoms with Crippen LogP contribution in [0.4, 0.5) is 5.69 Å². The summed E-state index contributed by atoms with van der Waals surface area (Å²) in [7, 11) is 1.60. The van der Waals surface area contributed by atoms with Crippen molar-refractivity contribution >= 4 is 22.9 Å². The highest BCUT2D eigenvalue weighted by atomic mass is 32.1. The molecule has 2 aromatic rings. The first-order valence-electron chi connectivity index (χ1n) is 5.72. The fraction of sp³-hybridized carbons (Fsp3) is 0.231. The molecule has 1 aromatic carbocycles. The molecule has 2 rings (SSSR count). The molecule has 19 heavy (non-hydrogen) atoms. The molecule has 1 unspecified atom stereocenters. The number of hydrogen-bond acceptors (Lipinski definition) is 5. The maximum Gasteiger partial charge on any atom is 0.247 e. The van der Waals surface area contributed by atoms with Gasteiger partial charge in [0.25, 0.3) is 0 Å². The van der Waals surface area contributed by atoms with Crippen LogP contribution in [0.15, 0.2) is 29.6 Å². The first-order chi connectivity index (χ1) is 9.10. The molecule has 6 heteroatoms. The van der Waals surface area contributed by atoms with Crippen LogP contribution in [0, 0.1) is 6.92 Å². The Morgan fingerprint density at radius 3 is 2.58 bits per heavy atom. The van der Waals surface area contributed by atoms with Gasteiger partial charge in [-0.3, -0.25) is 4.79 Å². The smallest absolute Gasteiger partial charge is 0.247 e. The number of aromatic nitrogens is 1. The van der Waals surface area contributed by atoms with E-state index in [1.165, 1.54) is 11.3 Å². The lowest BCUT2D eigenvalue weighted by Gasteiger charge is -2.14. The van der Waals surface area contributed by atoms with Crippen molar-refractivity contribution in [1.82, 2.24) is 4.98 Å². The van der Waals surface area contributed by atoms with E-state index in [4.69, 9.17) is 10.5 Å². The number of thiazole rings is 1. The van der Waals surface area contributed by atoms with Crippen molar-refractivity contribution in [3.63, 3.8) is 0 Å². The summed E-state index contributed by atoms with van der Waals surface area (Å²) < 4.78 is 5.08. The molecule has 0 aliphatic rings. The molecule has 0 saturated heterocycles. The Balaban J connectivity index is 2.18. The van der Waals surface area contributed by atoms with Crippen molar-refractivity contribution in [2.75, 3.05) is 12.4 Å². The summed E-state index contributed by atoms with van der Waals surface area (Å²) in [5.74, 6) is 0.302. The molecule has 1 heterocycles. The second kappa shape index (κ2) is 5.71. The zero-order valence-corrected chi connectivity index (χ0v) is 11.5. The predicted octanol–water partition coefficient (Wildman–Crippen LogP) is 2.10. The van der Waals surface area contributed by atoms with Gasteiger partial charge in [-0.05, 0) is 31.2 Å². The Labute approximate surface area is 115 Å². The number of nitrogens with zero attached hydrogens (tertiary/aromatic N) is 1. The number of anilines is 1. The van der Waals surface area contributed by atoms with Gasteiger partial charge in [-0.1, -0.05) is 0 Å². The van der Waals surface area contributed by atoms with Crippen LogP contribution >= 0.6 is 11.3 Å². The van der Waals surface area contributed by atoms with Gasteiger partial charge in [0.15, 0.2) is 6.04 Å². The van der Waals surface area contributed by atoms with Gasteiger partial charge in [0, 0.05) is 16.8 Å². The van der Waals surface area contributed by atoms with E-state index >= 15 is 0 Å². The van der Waals surface area contributed by atoms with Crippen LogP contribution in [0.2, 0.25) is 0 Å². The Hall–Kier alpha value is -2.08. The molecule has 0 spiro atoms. The van der Waals surface area contributed by atoms with Gasteiger partial charge in [0.05, 0.1) is 7.11 Å². The third kappa shape index (κ3) is 3.23. The third-order valence-corrected chi connectivity index (χ3v) is 3.60. The molecule has 0 bridgehead atoms. The zero-order valence-electron chi connectivity index (χ0n) is 10.7. The Bertz CT molecular complexity index is 566. The molecule has 1 aromatic heterocycles. The van der Waals surface area contributed by atoms with Crippen LogP contribution in [-0.2, 0) is 4.79 Å². The zero-order chi connectivity index (χ0) is 13.8. The van der Waals surface area contributed by atoms with Gasteiger partial charge in [-0.2, -0.15) is 0 Å². The maximum absolute atomic E-state index is 11.5. The molecule has 100 valence electrons. The number of benzene rings is 1. The monoisotopic (exact) mass is 277 g/mol. The van der Waals surface area contributed by atoms with E-state index in [9.17, 15) is 4.79 Å². The van der Waals surface area contributed by atoms with Gasteiger partial charge in [0.1, 0.15) is 10.8 Å². The predicted molar refractivity (Wildman–Crippen MR) is 75.4 cm³/mol. The van der Waals surface area contributed by atoms with E-state index in [2.05, 4.69) is 10.3 Å². The van der Waals surface area contributed by atoms with Crippen molar-refractivity contribution in [1.29, 1.82) is 0 Å². The lowest BCUT2D eigenvalue weighted by Crippen LogP contribution is -2.27. The highest BCUT2D eigenvalue weighted by Gasteiger charge is 2.20. The third-order valence-electron chi connectivity index (χ3n) is 2.57. The van der Waals surface area contributed by atoms with Gasteiger partial charge < -0.3 is 15.8 Å². The van der Waals surface area contributed by atoms with Crippen LogP contribution < -0.4 is 15.8 Å². The second-order valence-electron chi connectivity index (χ2n) is 4.04. The van der Waals surface area contributed by atoms with Crippen LogP contribution in [-0.4, -0.2) is 18.0 Å². The highest BCUT2D eigenvalue weighted by molar-refractivity contribution is 7.09. The van der Waals surface area contributed by atoms with Crippen LogP contribution in [0.3, 0.4) is 0 Å². The summed E-state index contributed by atoms with van der Waals surface area (Å²) in [6.07, 6.45) is 0. The molecule has 5 nitrogen and oxygen atoms in total. The molecule has 3 N–H and O–H groups in total. The number of nitrogens with two attached hydrogens (primary N) is 1. The molecule has 1 atom stereocenters. The van der Waals surface area contributed by atoms with Crippen molar-refractivity contribution in [2.24, 2.45) is 5.73 Å². The molecule has 0 fully saturated rings.